The number of benzene rings is 1. The number of aromatic nitrogens is 3. The van der Waals surface area contributed by atoms with Gasteiger partial charge in [0, 0.05) is 16.6 Å². The molecule has 1 aliphatic carbocycles. The van der Waals surface area contributed by atoms with Crippen molar-refractivity contribution in [3.05, 3.63) is 69.9 Å². The zero-order valence-electron chi connectivity index (χ0n) is 15.4. The van der Waals surface area contributed by atoms with E-state index >= 15 is 0 Å². The van der Waals surface area contributed by atoms with Gasteiger partial charge in [0.05, 0.1) is 16.3 Å². The SMILES string of the molecule is O=C(Nc1nc(-c2cccs2)cs1)c1nn(-c2ccc(F)cc2)c2c1CCCC2. The summed E-state index contributed by atoms with van der Waals surface area (Å²) in [6.45, 7) is 0. The molecule has 3 aromatic heterocycles. The fourth-order valence-corrected chi connectivity index (χ4v) is 5.07. The van der Waals surface area contributed by atoms with Gasteiger partial charge < -0.3 is 0 Å². The molecule has 0 aliphatic heterocycles. The molecule has 3 heterocycles. The Morgan fingerprint density at radius 3 is 2.72 bits per heavy atom. The Kier molecular flexibility index (Phi) is 4.73. The molecule has 146 valence electrons. The maximum absolute atomic E-state index is 13.3. The highest BCUT2D eigenvalue weighted by Crippen LogP contribution is 2.30. The second-order valence-electron chi connectivity index (χ2n) is 6.84. The van der Waals surface area contributed by atoms with Crippen LogP contribution >= 0.6 is 22.7 Å². The van der Waals surface area contributed by atoms with Gasteiger partial charge in [-0.1, -0.05) is 6.07 Å². The standard InChI is InChI=1S/C21H17FN4OS2/c22-13-7-9-14(10-8-13)26-17-5-2-1-4-15(17)19(25-26)20(27)24-21-23-16(12-29-21)18-6-3-11-28-18/h3,6-12H,1-2,4-5H2,(H,23,24,27). The van der Waals surface area contributed by atoms with E-state index in [1.54, 1.807) is 28.2 Å². The molecule has 5 rings (SSSR count). The van der Waals surface area contributed by atoms with Crippen LogP contribution in [-0.2, 0) is 12.8 Å². The van der Waals surface area contributed by atoms with Crippen LogP contribution in [0.5, 0.6) is 0 Å². The normalized spacial score (nSPS) is 13.3. The molecule has 0 atom stereocenters. The molecule has 0 saturated heterocycles. The van der Waals surface area contributed by atoms with E-state index in [-0.39, 0.29) is 11.7 Å². The third-order valence-corrected chi connectivity index (χ3v) is 6.61. The van der Waals surface area contributed by atoms with E-state index < -0.39 is 0 Å². The number of carbonyl (C=O) groups is 1. The summed E-state index contributed by atoms with van der Waals surface area (Å²) in [7, 11) is 0. The molecule has 0 fully saturated rings. The van der Waals surface area contributed by atoms with Crippen molar-refractivity contribution >= 4 is 33.7 Å². The Labute approximate surface area is 174 Å². The summed E-state index contributed by atoms with van der Waals surface area (Å²) in [5, 5.41) is 12.0. The molecule has 0 bridgehead atoms. The summed E-state index contributed by atoms with van der Waals surface area (Å²) < 4.78 is 15.1. The minimum absolute atomic E-state index is 0.254. The van der Waals surface area contributed by atoms with Crippen LogP contribution in [0.3, 0.4) is 0 Å². The van der Waals surface area contributed by atoms with Crippen molar-refractivity contribution in [2.75, 3.05) is 5.32 Å². The van der Waals surface area contributed by atoms with Gasteiger partial charge >= 0.3 is 0 Å². The summed E-state index contributed by atoms with van der Waals surface area (Å²) in [5.41, 5.74) is 4.06. The molecular weight excluding hydrogens is 407 g/mol. The summed E-state index contributed by atoms with van der Waals surface area (Å²) >= 11 is 3.01. The minimum atomic E-state index is -0.293. The molecule has 0 unspecified atom stereocenters. The lowest BCUT2D eigenvalue weighted by Crippen LogP contribution is -2.15. The number of carbonyl (C=O) groups excluding carboxylic acids is 1. The lowest BCUT2D eigenvalue weighted by molar-refractivity contribution is 0.102. The highest BCUT2D eigenvalue weighted by Gasteiger charge is 2.26. The molecule has 1 aromatic carbocycles. The number of hydrogen-bond donors (Lipinski definition) is 1. The van der Waals surface area contributed by atoms with Crippen molar-refractivity contribution < 1.29 is 9.18 Å². The fraction of sp³-hybridized carbons (Fsp3) is 0.190. The van der Waals surface area contributed by atoms with Crippen molar-refractivity contribution in [3.63, 3.8) is 0 Å². The van der Waals surface area contributed by atoms with Gasteiger partial charge in [0.25, 0.3) is 5.91 Å². The topological polar surface area (TPSA) is 59.8 Å². The molecule has 1 N–H and O–H groups in total. The van der Waals surface area contributed by atoms with Gasteiger partial charge in [-0.2, -0.15) is 5.10 Å². The monoisotopic (exact) mass is 424 g/mol. The lowest BCUT2D eigenvalue weighted by Gasteiger charge is -2.14. The first kappa shape index (κ1) is 18.2. The number of halogens is 1. The highest BCUT2D eigenvalue weighted by molar-refractivity contribution is 7.16. The number of anilines is 1. The van der Waals surface area contributed by atoms with Crippen LogP contribution in [0.1, 0.15) is 34.6 Å². The number of fused-ring (bicyclic) bond motifs is 1. The maximum Gasteiger partial charge on any atom is 0.278 e. The molecule has 8 heteroatoms. The molecule has 29 heavy (non-hydrogen) atoms. The molecule has 4 aromatic rings. The second-order valence-corrected chi connectivity index (χ2v) is 8.64. The minimum Gasteiger partial charge on any atom is -0.296 e. The number of thiazole rings is 1. The number of amides is 1. The predicted molar refractivity (Wildman–Crippen MR) is 114 cm³/mol. The average Bonchev–Trinajstić information content (AvgIpc) is 3.48. The quantitative estimate of drug-likeness (QED) is 0.482. The van der Waals surface area contributed by atoms with E-state index in [1.807, 2.05) is 22.9 Å². The van der Waals surface area contributed by atoms with Crippen molar-refractivity contribution in [3.8, 4) is 16.3 Å². The third-order valence-electron chi connectivity index (χ3n) is 4.96. The molecule has 0 radical (unpaired) electrons. The highest BCUT2D eigenvalue weighted by atomic mass is 32.1. The largest absolute Gasteiger partial charge is 0.296 e. The summed E-state index contributed by atoms with van der Waals surface area (Å²) in [5.74, 6) is -0.547. The molecule has 0 saturated carbocycles. The zero-order chi connectivity index (χ0) is 19.8. The number of hydrogen-bond acceptors (Lipinski definition) is 5. The van der Waals surface area contributed by atoms with Gasteiger partial charge in [0.2, 0.25) is 0 Å². The first-order chi connectivity index (χ1) is 14.2. The summed E-state index contributed by atoms with van der Waals surface area (Å²) in [4.78, 5) is 18.6. The summed E-state index contributed by atoms with van der Waals surface area (Å²) in [6.07, 6.45) is 3.75. The fourth-order valence-electron chi connectivity index (χ4n) is 3.60. The van der Waals surface area contributed by atoms with Crippen molar-refractivity contribution in [2.45, 2.75) is 25.7 Å². The van der Waals surface area contributed by atoms with E-state index in [0.717, 1.165) is 53.2 Å². The van der Waals surface area contributed by atoms with E-state index in [9.17, 15) is 9.18 Å². The Bertz CT molecular complexity index is 1160. The van der Waals surface area contributed by atoms with Gasteiger partial charge in [-0.25, -0.2) is 14.1 Å². The number of rotatable bonds is 4. The van der Waals surface area contributed by atoms with E-state index in [2.05, 4.69) is 15.4 Å². The van der Waals surface area contributed by atoms with Crippen LogP contribution in [0.2, 0.25) is 0 Å². The molecule has 0 spiro atoms. The van der Waals surface area contributed by atoms with Crippen LogP contribution in [-0.4, -0.2) is 20.7 Å². The first-order valence-corrected chi connectivity index (χ1v) is 11.1. The van der Waals surface area contributed by atoms with Gasteiger partial charge in [0.15, 0.2) is 10.8 Å². The van der Waals surface area contributed by atoms with Crippen LogP contribution < -0.4 is 5.32 Å². The second kappa shape index (κ2) is 7.53. The van der Waals surface area contributed by atoms with E-state index in [4.69, 9.17) is 0 Å². The van der Waals surface area contributed by atoms with E-state index in [1.165, 1.54) is 23.5 Å². The number of thiophene rings is 1. The van der Waals surface area contributed by atoms with Crippen LogP contribution in [0, 0.1) is 5.82 Å². The molecule has 1 aliphatic rings. The van der Waals surface area contributed by atoms with Gasteiger partial charge in [-0.15, -0.1) is 22.7 Å². The van der Waals surface area contributed by atoms with Crippen molar-refractivity contribution in [1.29, 1.82) is 0 Å². The average molecular weight is 425 g/mol. The molecule has 1 amide bonds. The Morgan fingerprint density at radius 1 is 1.10 bits per heavy atom. The summed E-state index contributed by atoms with van der Waals surface area (Å²) in [6, 6.07) is 10.2. The molecular formula is C21H17FN4OS2. The van der Waals surface area contributed by atoms with Gasteiger partial charge in [-0.3, -0.25) is 10.1 Å². The molecule has 5 nitrogen and oxygen atoms in total. The number of nitrogens with zero attached hydrogens (tertiary/aromatic N) is 3. The van der Waals surface area contributed by atoms with Gasteiger partial charge in [0.1, 0.15) is 5.82 Å². The van der Waals surface area contributed by atoms with Crippen molar-refractivity contribution in [2.24, 2.45) is 0 Å². The third kappa shape index (κ3) is 3.49. The van der Waals surface area contributed by atoms with Crippen molar-refractivity contribution in [1.82, 2.24) is 14.8 Å². The first-order valence-electron chi connectivity index (χ1n) is 9.36. The Morgan fingerprint density at radius 2 is 1.93 bits per heavy atom. The van der Waals surface area contributed by atoms with Crippen LogP contribution in [0.25, 0.3) is 16.3 Å². The van der Waals surface area contributed by atoms with E-state index in [0.29, 0.717) is 10.8 Å². The maximum atomic E-state index is 13.3. The zero-order valence-corrected chi connectivity index (χ0v) is 17.0. The van der Waals surface area contributed by atoms with Crippen LogP contribution in [0.15, 0.2) is 47.2 Å². The Balaban J connectivity index is 1.46. The number of nitrogens with one attached hydrogen (secondary N) is 1. The lowest BCUT2D eigenvalue weighted by atomic mass is 9.95. The van der Waals surface area contributed by atoms with Gasteiger partial charge in [-0.05, 0) is 61.4 Å². The predicted octanol–water partition coefficient (Wildman–Crippen LogP) is 5.33. The smallest absolute Gasteiger partial charge is 0.278 e. The Hall–Kier alpha value is -2.84. The van der Waals surface area contributed by atoms with Crippen LogP contribution in [0.4, 0.5) is 9.52 Å².